The monoisotopic (exact) mass is 338 g/mol. The highest BCUT2D eigenvalue weighted by Crippen LogP contribution is 2.26. The van der Waals surface area contributed by atoms with E-state index in [2.05, 4.69) is 24.1 Å². The molecule has 1 fully saturated rings. The van der Waals surface area contributed by atoms with E-state index in [1.165, 1.54) is 20.3 Å². The number of halogens is 1. The Kier molecular flexibility index (Phi) is 6.57. The van der Waals surface area contributed by atoms with Crippen LogP contribution >= 0.6 is 0 Å². The Labute approximate surface area is 143 Å². The lowest BCUT2D eigenvalue weighted by Gasteiger charge is -2.22. The molecule has 1 aromatic rings. The third kappa shape index (κ3) is 4.68. The van der Waals surface area contributed by atoms with Gasteiger partial charge < -0.3 is 14.8 Å². The molecule has 1 aliphatic rings. The molecule has 1 aliphatic heterocycles. The van der Waals surface area contributed by atoms with Gasteiger partial charge in [0, 0.05) is 32.8 Å². The molecule has 0 aromatic heterocycles. The first-order valence-corrected chi connectivity index (χ1v) is 8.27. The summed E-state index contributed by atoms with van der Waals surface area (Å²) in [6, 6.07) is 5.14. The lowest BCUT2D eigenvalue weighted by Crippen LogP contribution is -2.43. The number of amides is 1. The predicted octanol–water partition coefficient (Wildman–Crippen LogP) is 2.05. The number of hydrogen-bond donors (Lipinski definition) is 1. The Morgan fingerprint density at radius 2 is 2.12 bits per heavy atom. The Morgan fingerprint density at radius 1 is 1.38 bits per heavy atom. The lowest BCUT2D eigenvalue weighted by atomic mass is 9.91. The van der Waals surface area contributed by atoms with Crippen LogP contribution in [0.5, 0.6) is 5.75 Å². The summed E-state index contributed by atoms with van der Waals surface area (Å²) in [6.45, 7) is 6.69. The van der Waals surface area contributed by atoms with Crippen molar-refractivity contribution in [2.75, 3.05) is 33.9 Å². The van der Waals surface area contributed by atoms with Crippen molar-refractivity contribution >= 4 is 5.91 Å². The fourth-order valence-corrected chi connectivity index (χ4v) is 3.32. The molecule has 1 heterocycles. The van der Waals surface area contributed by atoms with Crippen molar-refractivity contribution in [1.29, 1.82) is 0 Å². The molecule has 2 rings (SSSR count). The van der Waals surface area contributed by atoms with Crippen molar-refractivity contribution in [2.24, 2.45) is 11.8 Å². The van der Waals surface area contributed by atoms with E-state index in [1.54, 1.807) is 6.07 Å². The number of methoxy groups -OCH3 is 2. The van der Waals surface area contributed by atoms with Crippen LogP contribution in [0.3, 0.4) is 0 Å². The first-order chi connectivity index (χ1) is 11.4. The molecule has 1 amide bonds. The quantitative estimate of drug-likeness (QED) is 0.827. The van der Waals surface area contributed by atoms with E-state index in [-0.39, 0.29) is 30.1 Å². The zero-order valence-corrected chi connectivity index (χ0v) is 14.8. The fourth-order valence-electron chi connectivity index (χ4n) is 3.32. The minimum Gasteiger partial charge on any atom is -0.494 e. The molecule has 2 atom stereocenters. The van der Waals surface area contributed by atoms with E-state index >= 15 is 0 Å². The first kappa shape index (κ1) is 18.7. The van der Waals surface area contributed by atoms with Gasteiger partial charge >= 0.3 is 0 Å². The van der Waals surface area contributed by atoms with E-state index in [4.69, 9.17) is 9.47 Å². The summed E-state index contributed by atoms with van der Waals surface area (Å²) >= 11 is 0. The fraction of sp³-hybridized carbons (Fsp3) is 0.611. The molecular formula is C18H27FN2O3. The van der Waals surface area contributed by atoms with Crippen molar-refractivity contribution in [2.45, 2.75) is 26.4 Å². The van der Waals surface area contributed by atoms with Gasteiger partial charge in [-0.1, -0.05) is 19.9 Å². The lowest BCUT2D eigenvalue weighted by molar-refractivity contribution is -0.125. The van der Waals surface area contributed by atoms with Gasteiger partial charge in [0.05, 0.1) is 7.11 Å². The maximum atomic E-state index is 13.8. The summed E-state index contributed by atoms with van der Waals surface area (Å²) in [6.07, 6.45) is 0. The summed E-state index contributed by atoms with van der Waals surface area (Å²) < 4.78 is 23.7. The van der Waals surface area contributed by atoms with Crippen LogP contribution in [0.2, 0.25) is 0 Å². The Bertz CT molecular complexity index is 565. The van der Waals surface area contributed by atoms with Crippen molar-refractivity contribution in [1.82, 2.24) is 10.2 Å². The minimum atomic E-state index is -0.348. The highest BCUT2D eigenvalue weighted by molar-refractivity contribution is 5.77. The highest BCUT2D eigenvalue weighted by atomic mass is 19.1. The molecule has 6 heteroatoms. The number of nitrogens with zero attached hydrogens (tertiary/aromatic N) is 1. The molecule has 24 heavy (non-hydrogen) atoms. The number of hydrogen-bond acceptors (Lipinski definition) is 4. The number of carbonyl (C=O) groups is 1. The summed E-state index contributed by atoms with van der Waals surface area (Å²) in [4.78, 5) is 14.1. The molecule has 1 saturated heterocycles. The van der Waals surface area contributed by atoms with Crippen LogP contribution in [0, 0.1) is 17.7 Å². The SMILES string of the molecule is COCC(=O)N[C@@H]1CN(Cc2ccc(OC)c(F)c2)C[C@H]1C(C)C. The van der Waals surface area contributed by atoms with Crippen molar-refractivity contribution in [3.63, 3.8) is 0 Å². The van der Waals surface area contributed by atoms with Crippen LogP contribution in [-0.4, -0.2) is 50.8 Å². The van der Waals surface area contributed by atoms with Gasteiger partial charge in [0.25, 0.3) is 0 Å². The average Bonchev–Trinajstić information content (AvgIpc) is 2.90. The van der Waals surface area contributed by atoms with E-state index < -0.39 is 0 Å². The predicted molar refractivity (Wildman–Crippen MR) is 90.4 cm³/mol. The van der Waals surface area contributed by atoms with E-state index in [0.29, 0.717) is 18.4 Å². The Morgan fingerprint density at radius 3 is 2.71 bits per heavy atom. The number of ether oxygens (including phenoxy) is 2. The second kappa shape index (κ2) is 8.44. The van der Waals surface area contributed by atoms with E-state index in [0.717, 1.165) is 18.7 Å². The summed E-state index contributed by atoms with van der Waals surface area (Å²) in [5.41, 5.74) is 0.902. The largest absolute Gasteiger partial charge is 0.494 e. The molecule has 5 nitrogen and oxygen atoms in total. The molecule has 0 saturated carbocycles. The number of carbonyl (C=O) groups excluding carboxylic acids is 1. The number of likely N-dealkylation sites (tertiary alicyclic amines) is 1. The normalized spacial score (nSPS) is 21.2. The molecule has 134 valence electrons. The summed E-state index contributed by atoms with van der Waals surface area (Å²) in [7, 11) is 2.97. The van der Waals surface area contributed by atoms with Crippen LogP contribution in [0.4, 0.5) is 4.39 Å². The average molecular weight is 338 g/mol. The Balaban J connectivity index is 2.01. The Hall–Kier alpha value is -1.66. The number of nitrogens with one attached hydrogen (secondary N) is 1. The van der Waals surface area contributed by atoms with Gasteiger partial charge in [-0.15, -0.1) is 0 Å². The minimum absolute atomic E-state index is 0.0744. The van der Waals surface area contributed by atoms with Gasteiger partial charge in [0.2, 0.25) is 5.91 Å². The van der Waals surface area contributed by atoms with E-state index in [9.17, 15) is 9.18 Å². The third-order valence-corrected chi connectivity index (χ3v) is 4.54. The zero-order valence-electron chi connectivity index (χ0n) is 14.8. The van der Waals surface area contributed by atoms with Crippen molar-refractivity contribution in [3.05, 3.63) is 29.6 Å². The second-order valence-corrected chi connectivity index (χ2v) is 6.68. The number of rotatable bonds is 7. The molecule has 0 aliphatic carbocycles. The van der Waals surface area contributed by atoms with Gasteiger partial charge in [0.15, 0.2) is 11.6 Å². The van der Waals surface area contributed by atoms with Gasteiger partial charge in [-0.2, -0.15) is 0 Å². The van der Waals surface area contributed by atoms with Gasteiger partial charge in [-0.3, -0.25) is 9.69 Å². The molecule has 0 spiro atoms. The molecule has 0 radical (unpaired) electrons. The molecule has 0 bridgehead atoms. The van der Waals surface area contributed by atoms with Crippen LogP contribution in [0.1, 0.15) is 19.4 Å². The highest BCUT2D eigenvalue weighted by Gasteiger charge is 2.35. The van der Waals surface area contributed by atoms with Crippen LogP contribution < -0.4 is 10.1 Å². The van der Waals surface area contributed by atoms with Crippen LogP contribution in [0.15, 0.2) is 18.2 Å². The topological polar surface area (TPSA) is 50.8 Å². The molecule has 1 aromatic carbocycles. The molecular weight excluding hydrogens is 311 g/mol. The maximum Gasteiger partial charge on any atom is 0.246 e. The van der Waals surface area contributed by atoms with Gasteiger partial charge in [-0.25, -0.2) is 4.39 Å². The second-order valence-electron chi connectivity index (χ2n) is 6.68. The summed E-state index contributed by atoms with van der Waals surface area (Å²) in [5, 5.41) is 3.06. The molecule has 1 N–H and O–H groups in total. The van der Waals surface area contributed by atoms with Crippen molar-refractivity contribution in [3.8, 4) is 5.75 Å². The zero-order chi connectivity index (χ0) is 17.7. The standard InChI is InChI=1S/C18H27FN2O3/c1-12(2)14-9-21(10-16(14)20-18(22)11-23-3)8-13-5-6-17(24-4)15(19)7-13/h5-7,12,14,16H,8-11H2,1-4H3,(H,20,22)/t14-,16+/m0/s1. The molecule has 0 unspecified atom stereocenters. The third-order valence-electron chi connectivity index (χ3n) is 4.54. The smallest absolute Gasteiger partial charge is 0.246 e. The van der Waals surface area contributed by atoms with E-state index in [1.807, 2.05) is 6.07 Å². The number of benzene rings is 1. The van der Waals surface area contributed by atoms with Gasteiger partial charge in [0.1, 0.15) is 6.61 Å². The van der Waals surface area contributed by atoms with Crippen LogP contribution in [0.25, 0.3) is 0 Å². The van der Waals surface area contributed by atoms with Crippen LogP contribution in [-0.2, 0) is 16.1 Å². The van der Waals surface area contributed by atoms with Crippen molar-refractivity contribution < 1.29 is 18.7 Å². The first-order valence-electron chi connectivity index (χ1n) is 8.27. The summed E-state index contributed by atoms with van der Waals surface area (Å²) in [5.74, 6) is 0.638. The van der Waals surface area contributed by atoms with Gasteiger partial charge in [-0.05, 0) is 29.5 Å². The maximum absolute atomic E-state index is 13.8.